The molecule has 0 heterocycles. The van der Waals surface area contributed by atoms with E-state index in [-0.39, 0.29) is 18.5 Å². The van der Waals surface area contributed by atoms with E-state index in [1.165, 1.54) is 4.90 Å². The summed E-state index contributed by atoms with van der Waals surface area (Å²) in [4.78, 5) is 25.6. The summed E-state index contributed by atoms with van der Waals surface area (Å²) < 4.78 is 0. The van der Waals surface area contributed by atoms with Gasteiger partial charge in [0.25, 0.3) is 0 Å². The minimum atomic E-state index is -0.992. The first kappa shape index (κ1) is 15.7. The van der Waals surface area contributed by atoms with Crippen molar-refractivity contribution in [3.05, 3.63) is 0 Å². The summed E-state index contributed by atoms with van der Waals surface area (Å²) in [5.74, 6) is -0.748. The zero-order valence-electron chi connectivity index (χ0n) is 11.1. The van der Waals surface area contributed by atoms with E-state index < -0.39 is 5.97 Å². The van der Waals surface area contributed by atoms with E-state index in [0.717, 1.165) is 6.54 Å². The summed E-state index contributed by atoms with van der Waals surface area (Å²) in [6.07, 6.45) is 0. The van der Waals surface area contributed by atoms with Crippen molar-refractivity contribution in [2.24, 2.45) is 5.92 Å². The van der Waals surface area contributed by atoms with Crippen LogP contribution in [0.15, 0.2) is 0 Å². The largest absolute Gasteiger partial charge is 0.480 e. The fraction of sp³-hybridized carbons (Fsp3) is 0.818. The van der Waals surface area contributed by atoms with Crippen molar-refractivity contribution in [3.8, 4) is 0 Å². The van der Waals surface area contributed by atoms with E-state index in [4.69, 9.17) is 5.11 Å². The van der Waals surface area contributed by atoms with E-state index in [1.807, 2.05) is 32.8 Å². The lowest BCUT2D eigenvalue weighted by Crippen LogP contribution is -2.46. The molecule has 6 heteroatoms. The Bertz CT molecular complexity index is 254. The Kier molecular flexibility index (Phi) is 7.29. The van der Waals surface area contributed by atoms with Gasteiger partial charge in [-0.2, -0.15) is 0 Å². The summed E-state index contributed by atoms with van der Waals surface area (Å²) in [5.41, 5.74) is 0. The molecule has 2 amide bonds. The molecule has 0 bridgehead atoms. The zero-order chi connectivity index (χ0) is 13.4. The molecule has 0 atom stereocenters. The molecule has 0 aromatic heterocycles. The molecule has 0 saturated carbocycles. The smallest absolute Gasteiger partial charge is 0.323 e. The third-order valence-corrected chi connectivity index (χ3v) is 2.03. The second-order valence-corrected chi connectivity index (χ2v) is 4.70. The minimum absolute atomic E-state index is 0.244. The number of carbonyl (C=O) groups excluding carboxylic acids is 1. The summed E-state index contributed by atoms with van der Waals surface area (Å²) in [7, 11) is 3.82. The third-order valence-electron chi connectivity index (χ3n) is 2.03. The predicted octanol–water partition coefficient (Wildman–Crippen LogP) is 0.300. The van der Waals surface area contributed by atoms with Gasteiger partial charge in [-0.15, -0.1) is 0 Å². The van der Waals surface area contributed by atoms with Gasteiger partial charge < -0.3 is 20.2 Å². The van der Waals surface area contributed by atoms with Crippen LogP contribution in [-0.2, 0) is 4.79 Å². The standard InChI is InChI=1S/C11H23N3O3/c1-9(2)7-14(8-10(15)16)11(17)12-5-6-13(3)4/h9H,5-8H2,1-4H3,(H,12,17)(H,15,16). The number of carboxylic acid groups (broad SMARTS) is 1. The summed E-state index contributed by atoms with van der Waals surface area (Å²) in [6, 6.07) is -0.317. The molecule has 100 valence electrons. The van der Waals surface area contributed by atoms with Crippen LogP contribution in [0.1, 0.15) is 13.8 Å². The first-order valence-electron chi connectivity index (χ1n) is 5.72. The van der Waals surface area contributed by atoms with Crippen LogP contribution in [0.25, 0.3) is 0 Å². The highest BCUT2D eigenvalue weighted by Crippen LogP contribution is 1.99. The van der Waals surface area contributed by atoms with Gasteiger partial charge in [0.15, 0.2) is 0 Å². The van der Waals surface area contributed by atoms with Crippen LogP contribution in [0.4, 0.5) is 4.79 Å². The van der Waals surface area contributed by atoms with Gasteiger partial charge in [0.1, 0.15) is 6.54 Å². The SMILES string of the molecule is CC(C)CN(CC(=O)O)C(=O)NCCN(C)C. The molecule has 17 heavy (non-hydrogen) atoms. The number of nitrogens with zero attached hydrogens (tertiary/aromatic N) is 2. The molecule has 0 fully saturated rings. The molecule has 0 radical (unpaired) electrons. The molecule has 0 saturated heterocycles. The Balaban J connectivity index is 4.17. The normalized spacial score (nSPS) is 10.7. The first-order valence-corrected chi connectivity index (χ1v) is 5.72. The number of rotatable bonds is 7. The Labute approximate surface area is 103 Å². The number of aliphatic carboxylic acids is 1. The molecule has 2 N–H and O–H groups in total. The van der Waals surface area contributed by atoms with Crippen LogP contribution in [-0.4, -0.2) is 67.2 Å². The highest BCUT2D eigenvalue weighted by molar-refractivity contribution is 5.80. The Morgan fingerprint density at radius 3 is 2.29 bits per heavy atom. The monoisotopic (exact) mass is 245 g/mol. The summed E-state index contributed by atoms with van der Waals surface area (Å²) >= 11 is 0. The maximum Gasteiger partial charge on any atom is 0.323 e. The van der Waals surface area contributed by atoms with Crippen LogP contribution in [0, 0.1) is 5.92 Å². The zero-order valence-corrected chi connectivity index (χ0v) is 11.1. The number of hydrogen-bond acceptors (Lipinski definition) is 3. The van der Waals surface area contributed by atoms with Crippen molar-refractivity contribution < 1.29 is 14.7 Å². The number of hydrogen-bond donors (Lipinski definition) is 2. The topological polar surface area (TPSA) is 72.9 Å². The maximum absolute atomic E-state index is 11.7. The molecular weight excluding hydrogens is 222 g/mol. The van der Waals surface area contributed by atoms with Gasteiger partial charge in [-0.3, -0.25) is 4.79 Å². The molecule has 0 spiro atoms. The average Bonchev–Trinajstić information content (AvgIpc) is 2.14. The number of likely N-dealkylation sites (N-methyl/N-ethyl adjacent to an activating group) is 1. The van der Waals surface area contributed by atoms with Gasteiger partial charge >= 0.3 is 12.0 Å². The molecule has 0 aromatic carbocycles. The maximum atomic E-state index is 11.7. The number of urea groups is 1. The van der Waals surface area contributed by atoms with E-state index in [9.17, 15) is 9.59 Å². The van der Waals surface area contributed by atoms with E-state index >= 15 is 0 Å². The first-order chi connectivity index (χ1) is 7.82. The fourth-order valence-electron chi connectivity index (χ4n) is 1.32. The molecule has 0 aliphatic rings. The molecule has 6 nitrogen and oxygen atoms in total. The Hall–Kier alpha value is -1.30. The average molecular weight is 245 g/mol. The molecule has 0 aromatic rings. The number of nitrogens with one attached hydrogen (secondary N) is 1. The molecule has 0 aliphatic heterocycles. The van der Waals surface area contributed by atoms with Gasteiger partial charge in [0.2, 0.25) is 0 Å². The minimum Gasteiger partial charge on any atom is -0.480 e. The van der Waals surface area contributed by atoms with Crippen molar-refractivity contribution in [2.75, 3.05) is 40.3 Å². The van der Waals surface area contributed by atoms with Crippen molar-refractivity contribution in [3.63, 3.8) is 0 Å². The summed E-state index contributed by atoms with van der Waals surface area (Å²) in [6.45, 7) is 5.32. The van der Waals surface area contributed by atoms with Crippen molar-refractivity contribution in [1.29, 1.82) is 0 Å². The van der Waals surface area contributed by atoms with Crippen LogP contribution >= 0.6 is 0 Å². The Morgan fingerprint density at radius 1 is 1.29 bits per heavy atom. The molecule has 0 unspecified atom stereocenters. The van der Waals surface area contributed by atoms with Crippen LogP contribution < -0.4 is 5.32 Å². The van der Waals surface area contributed by atoms with Gasteiger partial charge in [-0.25, -0.2) is 4.79 Å². The quantitative estimate of drug-likeness (QED) is 0.676. The number of carboxylic acids is 1. The molecular formula is C11H23N3O3. The van der Waals surface area contributed by atoms with Crippen molar-refractivity contribution >= 4 is 12.0 Å². The lowest BCUT2D eigenvalue weighted by molar-refractivity contribution is -0.137. The third kappa shape index (κ3) is 8.50. The van der Waals surface area contributed by atoms with E-state index in [0.29, 0.717) is 13.1 Å². The highest BCUT2D eigenvalue weighted by Gasteiger charge is 2.17. The van der Waals surface area contributed by atoms with E-state index in [1.54, 1.807) is 0 Å². The van der Waals surface area contributed by atoms with Gasteiger partial charge in [0, 0.05) is 19.6 Å². The second kappa shape index (κ2) is 7.89. The van der Waals surface area contributed by atoms with Gasteiger partial charge in [-0.05, 0) is 20.0 Å². The van der Waals surface area contributed by atoms with Crippen molar-refractivity contribution in [1.82, 2.24) is 15.1 Å². The summed E-state index contributed by atoms with van der Waals surface area (Å²) in [5, 5.41) is 11.4. The fourth-order valence-corrected chi connectivity index (χ4v) is 1.32. The van der Waals surface area contributed by atoms with Crippen LogP contribution in [0.5, 0.6) is 0 Å². The second-order valence-electron chi connectivity index (χ2n) is 4.70. The predicted molar refractivity (Wildman–Crippen MR) is 66.0 cm³/mol. The number of amides is 2. The van der Waals surface area contributed by atoms with E-state index in [2.05, 4.69) is 5.32 Å². The lowest BCUT2D eigenvalue weighted by Gasteiger charge is -2.23. The van der Waals surface area contributed by atoms with Crippen molar-refractivity contribution in [2.45, 2.75) is 13.8 Å². The van der Waals surface area contributed by atoms with Crippen LogP contribution in [0.3, 0.4) is 0 Å². The highest BCUT2D eigenvalue weighted by atomic mass is 16.4. The number of carbonyl (C=O) groups is 2. The van der Waals surface area contributed by atoms with Crippen LogP contribution in [0.2, 0.25) is 0 Å². The molecule has 0 rings (SSSR count). The molecule has 0 aliphatic carbocycles. The Morgan fingerprint density at radius 2 is 1.88 bits per heavy atom. The van der Waals surface area contributed by atoms with Gasteiger partial charge in [-0.1, -0.05) is 13.8 Å². The van der Waals surface area contributed by atoms with Gasteiger partial charge in [0.05, 0.1) is 0 Å². The lowest BCUT2D eigenvalue weighted by atomic mass is 10.2.